The highest BCUT2D eigenvalue weighted by Gasteiger charge is 1.98. The second-order valence-corrected chi connectivity index (χ2v) is 2.13. The fourth-order valence-electron chi connectivity index (χ4n) is 0.806. The van der Waals surface area contributed by atoms with Gasteiger partial charge in [0.05, 0.1) is 6.61 Å². The lowest BCUT2D eigenvalue weighted by molar-refractivity contribution is 0.279. The summed E-state index contributed by atoms with van der Waals surface area (Å²) in [7, 11) is 0. The molecule has 0 bridgehead atoms. The first-order valence-electron chi connectivity index (χ1n) is 3.03. The van der Waals surface area contributed by atoms with Crippen molar-refractivity contribution in [1.29, 1.82) is 0 Å². The molecule has 0 atom stereocenters. The minimum absolute atomic E-state index is 0.192. The van der Waals surface area contributed by atoms with Crippen molar-refractivity contribution in [1.82, 2.24) is 4.98 Å². The molecule has 1 rings (SSSR count). The Morgan fingerprint density at radius 2 is 2.40 bits per heavy atom. The molecular formula is C7H9NO2. The number of aliphatic hydroxyl groups excluding tert-OH is 1. The number of hydrogen-bond acceptors (Lipinski definition) is 2. The van der Waals surface area contributed by atoms with Gasteiger partial charge in [0.2, 0.25) is 0 Å². The van der Waals surface area contributed by atoms with Gasteiger partial charge in [-0.2, -0.15) is 0 Å². The number of nitrogens with one attached hydrogen (secondary N) is 1. The van der Waals surface area contributed by atoms with Crippen LogP contribution in [0.25, 0.3) is 0 Å². The van der Waals surface area contributed by atoms with Crippen molar-refractivity contribution >= 4 is 0 Å². The Morgan fingerprint density at radius 1 is 1.70 bits per heavy atom. The zero-order chi connectivity index (χ0) is 7.56. The number of aromatic amines is 1. The summed E-state index contributed by atoms with van der Waals surface area (Å²) in [5.41, 5.74) is 1.07. The van der Waals surface area contributed by atoms with Crippen LogP contribution >= 0.6 is 0 Å². The molecule has 0 aliphatic heterocycles. The topological polar surface area (TPSA) is 53.1 Å². The molecule has 0 spiro atoms. The number of pyridine rings is 1. The molecule has 0 aromatic carbocycles. The summed E-state index contributed by atoms with van der Waals surface area (Å²) in [6, 6.07) is 1.76. The molecule has 1 aromatic rings. The summed E-state index contributed by atoms with van der Waals surface area (Å²) in [5.74, 6) is 0. The third-order valence-electron chi connectivity index (χ3n) is 1.46. The molecule has 0 fully saturated rings. The standard InChI is InChI=1S/C7H9NO2/c1-5-2-3-8-7(10)6(5)4-9/h2-3,9H,4H2,1H3,(H,8,10). The summed E-state index contributed by atoms with van der Waals surface area (Å²) < 4.78 is 0. The van der Waals surface area contributed by atoms with Gasteiger partial charge in [0.15, 0.2) is 0 Å². The van der Waals surface area contributed by atoms with Crippen LogP contribution in [0.3, 0.4) is 0 Å². The van der Waals surface area contributed by atoms with Crippen LogP contribution < -0.4 is 5.56 Å². The summed E-state index contributed by atoms with van der Waals surface area (Å²) in [6.07, 6.45) is 1.57. The van der Waals surface area contributed by atoms with Gasteiger partial charge in [0.1, 0.15) is 0 Å². The Hall–Kier alpha value is -1.09. The van der Waals surface area contributed by atoms with Crippen LogP contribution in [0.1, 0.15) is 11.1 Å². The van der Waals surface area contributed by atoms with E-state index in [2.05, 4.69) is 4.98 Å². The van der Waals surface area contributed by atoms with E-state index in [1.165, 1.54) is 0 Å². The van der Waals surface area contributed by atoms with E-state index in [1.807, 2.05) is 0 Å². The molecular weight excluding hydrogens is 130 g/mol. The minimum Gasteiger partial charge on any atom is -0.391 e. The molecule has 2 N–H and O–H groups in total. The van der Waals surface area contributed by atoms with E-state index in [4.69, 9.17) is 5.11 Å². The molecule has 54 valence electrons. The lowest BCUT2D eigenvalue weighted by atomic mass is 10.2. The molecule has 0 aliphatic carbocycles. The van der Waals surface area contributed by atoms with E-state index in [-0.39, 0.29) is 12.2 Å². The van der Waals surface area contributed by atoms with Crippen molar-refractivity contribution in [3.63, 3.8) is 0 Å². The molecule has 0 unspecified atom stereocenters. The quantitative estimate of drug-likeness (QED) is 0.583. The van der Waals surface area contributed by atoms with Crippen molar-refractivity contribution in [3.8, 4) is 0 Å². The van der Waals surface area contributed by atoms with Gasteiger partial charge in [0, 0.05) is 11.8 Å². The zero-order valence-electron chi connectivity index (χ0n) is 5.72. The highest BCUT2D eigenvalue weighted by atomic mass is 16.3. The zero-order valence-corrected chi connectivity index (χ0v) is 5.72. The van der Waals surface area contributed by atoms with Gasteiger partial charge in [-0.05, 0) is 18.6 Å². The van der Waals surface area contributed by atoms with E-state index in [0.717, 1.165) is 5.56 Å². The second-order valence-electron chi connectivity index (χ2n) is 2.13. The fraction of sp³-hybridized carbons (Fsp3) is 0.286. The van der Waals surface area contributed by atoms with Crippen molar-refractivity contribution in [2.24, 2.45) is 0 Å². The summed E-state index contributed by atoms with van der Waals surface area (Å²) in [5, 5.41) is 8.68. The number of aliphatic hydroxyl groups is 1. The third-order valence-corrected chi connectivity index (χ3v) is 1.46. The molecule has 3 heteroatoms. The Morgan fingerprint density at radius 3 is 2.80 bits per heavy atom. The monoisotopic (exact) mass is 139 g/mol. The lowest BCUT2D eigenvalue weighted by Gasteiger charge is -1.97. The molecule has 0 saturated heterocycles. The average molecular weight is 139 g/mol. The first-order valence-corrected chi connectivity index (χ1v) is 3.03. The molecule has 3 nitrogen and oxygen atoms in total. The largest absolute Gasteiger partial charge is 0.391 e. The van der Waals surface area contributed by atoms with Crippen molar-refractivity contribution in [2.45, 2.75) is 13.5 Å². The van der Waals surface area contributed by atoms with E-state index >= 15 is 0 Å². The molecule has 1 aromatic heterocycles. The summed E-state index contributed by atoms with van der Waals surface area (Å²) >= 11 is 0. The van der Waals surface area contributed by atoms with Crippen LogP contribution in [0.15, 0.2) is 17.1 Å². The SMILES string of the molecule is Cc1cc[nH]c(=O)c1CO. The molecule has 0 radical (unpaired) electrons. The van der Waals surface area contributed by atoms with Gasteiger partial charge >= 0.3 is 0 Å². The van der Waals surface area contributed by atoms with Crippen LogP contribution in [0.4, 0.5) is 0 Å². The van der Waals surface area contributed by atoms with Crippen LogP contribution in [0.2, 0.25) is 0 Å². The number of rotatable bonds is 1. The van der Waals surface area contributed by atoms with E-state index in [0.29, 0.717) is 5.56 Å². The van der Waals surface area contributed by atoms with Crippen LogP contribution in [-0.4, -0.2) is 10.1 Å². The van der Waals surface area contributed by atoms with E-state index in [1.54, 1.807) is 19.2 Å². The highest BCUT2D eigenvalue weighted by molar-refractivity contribution is 5.20. The maximum Gasteiger partial charge on any atom is 0.253 e. The van der Waals surface area contributed by atoms with E-state index in [9.17, 15) is 4.79 Å². The number of H-pyrrole nitrogens is 1. The van der Waals surface area contributed by atoms with E-state index < -0.39 is 0 Å². The van der Waals surface area contributed by atoms with Crippen LogP contribution in [-0.2, 0) is 6.61 Å². The summed E-state index contributed by atoms with van der Waals surface area (Å²) in [4.78, 5) is 13.3. The van der Waals surface area contributed by atoms with Crippen molar-refractivity contribution < 1.29 is 5.11 Å². The Labute approximate surface area is 58.3 Å². The van der Waals surface area contributed by atoms with Gasteiger partial charge < -0.3 is 10.1 Å². The van der Waals surface area contributed by atoms with Gasteiger partial charge in [-0.25, -0.2) is 0 Å². The van der Waals surface area contributed by atoms with Gasteiger partial charge in [-0.15, -0.1) is 0 Å². The third kappa shape index (κ3) is 1.09. The molecule has 1 heterocycles. The first-order chi connectivity index (χ1) is 4.75. The van der Waals surface area contributed by atoms with Gasteiger partial charge in [-0.3, -0.25) is 4.79 Å². The molecule has 0 aliphatic rings. The second kappa shape index (κ2) is 2.66. The first kappa shape index (κ1) is 7.02. The van der Waals surface area contributed by atoms with Crippen LogP contribution in [0.5, 0.6) is 0 Å². The predicted octanol–water partition coefficient (Wildman–Crippen LogP) is 0.176. The lowest BCUT2D eigenvalue weighted by Crippen LogP contribution is -2.12. The summed E-state index contributed by atoms with van der Waals surface area (Å²) in [6.45, 7) is 1.60. The number of hydrogen-bond donors (Lipinski definition) is 2. The normalized spacial score (nSPS) is 9.80. The Kier molecular flexibility index (Phi) is 1.87. The maximum atomic E-state index is 10.9. The average Bonchev–Trinajstić information content (AvgIpc) is 1.88. The number of aryl methyl sites for hydroxylation is 1. The van der Waals surface area contributed by atoms with Crippen molar-refractivity contribution in [3.05, 3.63) is 33.7 Å². The van der Waals surface area contributed by atoms with Crippen molar-refractivity contribution in [2.75, 3.05) is 0 Å². The van der Waals surface area contributed by atoms with Gasteiger partial charge in [-0.1, -0.05) is 0 Å². The van der Waals surface area contributed by atoms with Gasteiger partial charge in [0.25, 0.3) is 5.56 Å². The molecule has 0 saturated carbocycles. The number of aromatic nitrogens is 1. The maximum absolute atomic E-state index is 10.9. The Bertz CT molecular complexity index is 277. The smallest absolute Gasteiger partial charge is 0.253 e. The predicted molar refractivity (Wildman–Crippen MR) is 37.7 cm³/mol. The molecule has 0 amide bonds. The molecule has 10 heavy (non-hydrogen) atoms. The Balaban J connectivity index is 3.31. The fourth-order valence-corrected chi connectivity index (χ4v) is 0.806. The highest BCUT2D eigenvalue weighted by Crippen LogP contribution is 1.98. The minimum atomic E-state index is -0.206. The van der Waals surface area contributed by atoms with Crippen LogP contribution in [0, 0.1) is 6.92 Å².